The molecule has 0 aromatic rings. The summed E-state index contributed by atoms with van der Waals surface area (Å²) in [5.41, 5.74) is 0. The zero-order chi connectivity index (χ0) is 6.41. The predicted octanol–water partition coefficient (Wildman–Crippen LogP) is -3.19. The third-order valence-corrected chi connectivity index (χ3v) is 0.593. The van der Waals surface area contributed by atoms with Crippen LogP contribution in [0.5, 0.6) is 0 Å². The minimum absolute atomic E-state index is 0. The molecule has 0 rings (SSSR count). The van der Waals surface area contributed by atoms with E-state index in [4.69, 9.17) is 0 Å². The Hall–Kier alpha value is 0.232. The van der Waals surface area contributed by atoms with Gasteiger partial charge in [-0.1, -0.05) is 0 Å². The van der Waals surface area contributed by atoms with Crippen molar-refractivity contribution in [3.8, 4) is 0 Å². The van der Waals surface area contributed by atoms with E-state index in [1.165, 1.54) is 6.92 Å². The number of carbonyl (C=O) groups excluding carboxylic acids is 1. The monoisotopic (exact) mass is 382 g/mol. The second kappa shape index (κ2) is 22.5. The van der Waals surface area contributed by atoms with Crippen LogP contribution in [0.15, 0.2) is 0 Å². The van der Waals surface area contributed by atoms with Gasteiger partial charge in [0.1, 0.15) is 6.61 Å². The fourth-order valence-electron chi connectivity index (χ4n) is 0.269. The summed E-state index contributed by atoms with van der Waals surface area (Å²) in [4.78, 5) is 10.0. The number of carbonyl (C=O) groups is 1. The molecule has 0 amide bonds. The van der Waals surface area contributed by atoms with E-state index in [-0.39, 0.29) is 49.7 Å². The van der Waals surface area contributed by atoms with Crippen molar-refractivity contribution in [1.29, 1.82) is 0 Å². The van der Waals surface area contributed by atoms with Crippen LogP contribution in [-0.4, -0.2) is 70.0 Å². The van der Waals surface area contributed by atoms with Gasteiger partial charge in [0.15, 0.2) is 0 Å². The molecule has 0 fully saturated rings. The molecule has 7 heteroatoms. The van der Waals surface area contributed by atoms with Crippen LogP contribution in [0.25, 0.3) is 0 Å². The summed E-state index contributed by atoms with van der Waals surface area (Å²) < 4.78 is 9.13. The molecular formula is C5H18O6Pb. The normalized spacial score (nSPS) is 5.83. The van der Waals surface area contributed by atoms with Gasteiger partial charge in [0, 0.05) is 14.0 Å². The number of hydrogen-bond donors (Lipinski definition) is 0. The van der Waals surface area contributed by atoms with Crippen LogP contribution in [0.1, 0.15) is 6.92 Å². The molecule has 0 bridgehead atoms. The molecule has 6 nitrogen and oxygen atoms in total. The Balaban J connectivity index is -0.0000000408. The molecule has 0 aliphatic carbocycles. The Labute approximate surface area is 91.3 Å². The Morgan fingerprint density at radius 2 is 1.58 bits per heavy atom. The van der Waals surface area contributed by atoms with Gasteiger partial charge < -0.3 is 25.9 Å². The maximum atomic E-state index is 10.0. The van der Waals surface area contributed by atoms with Crippen molar-refractivity contribution in [2.45, 2.75) is 6.92 Å². The predicted molar refractivity (Wildman–Crippen MR) is 47.9 cm³/mol. The average Bonchev–Trinajstić information content (AvgIpc) is 1.66. The average molecular weight is 381 g/mol. The van der Waals surface area contributed by atoms with E-state index in [9.17, 15) is 4.79 Å². The minimum atomic E-state index is -0.262. The third kappa shape index (κ3) is 31.9. The fourth-order valence-corrected chi connectivity index (χ4v) is 0.269. The van der Waals surface area contributed by atoms with Crippen LogP contribution in [0, 0.1) is 0 Å². The number of methoxy groups -OCH3 is 1. The van der Waals surface area contributed by atoms with E-state index in [1.807, 2.05) is 0 Å². The first-order chi connectivity index (χ1) is 3.77. The molecule has 0 aromatic heterocycles. The first-order valence-electron chi connectivity index (χ1n) is 2.39. The van der Waals surface area contributed by atoms with E-state index < -0.39 is 0 Å². The van der Waals surface area contributed by atoms with Crippen LogP contribution in [0.2, 0.25) is 0 Å². The maximum absolute atomic E-state index is 10.0. The molecule has 0 aliphatic rings. The fraction of sp³-hybridized carbons (Fsp3) is 0.800. The standard InChI is InChI=1S/C5H10O3.3H2O.Pb.2H/c1-5(6)8-4-3-7-2;;;;;;/h3-4H2,1-2H3;3*1H2;;;. The van der Waals surface area contributed by atoms with E-state index in [1.54, 1.807) is 7.11 Å². The van der Waals surface area contributed by atoms with Crippen LogP contribution < -0.4 is 0 Å². The van der Waals surface area contributed by atoms with Gasteiger partial charge in [-0.15, -0.1) is 0 Å². The molecule has 6 N–H and O–H groups in total. The van der Waals surface area contributed by atoms with Crippen molar-refractivity contribution in [2.75, 3.05) is 20.3 Å². The van der Waals surface area contributed by atoms with E-state index in [2.05, 4.69) is 9.47 Å². The summed E-state index contributed by atoms with van der Waals surface area (Å²) in [6.45, 7) is 2.20. The van der Waals surface area contributed by atoms with Crippen LogP contribution in [0.3, 0.4) is 0 Å². The summed E-state index contributed by atoms with van der Waals surface area (Å²) in [5.74, 6) is -0.262. The SMILES string of the molecule is COCCOC(C)=O.O.O.O.[PbH2]. The van der Waals surface area contributed by atoms with Crippen LogP contribution in [0.4, 0.5) is 0 Å². The molecule has 78 valence electrons. The van der Waals surface area contributed by atoms with Gasteiger partial charge in [-0.05, 0) is 0 Å². The van der Waals surface area contributed by atoms with E-state index in [0.29, 0.717) is 13.2 Å². The van der Waals surface area contributed by atoms with Crippen molar-refractivity contribution >= 4 is 33.3 Å². The quantitative estimate of drug-likeness (QED) is 0.290. The van der Waals surface area contributed by atoms with Gasteiger partial charge >= 0.3 is 33.3 Å². The molecule has 0 aliphatic heterocycles. The van der Waals surface area contributed by atoms with Gasteiger partial charge in [0.05, 0.1) is 6.61 Å². The van der Waals surface area contributed by atoms with Gasteiger partial charge in [-0.3, -0.25) is 4.79 Å². The van der Waals surface area contributed by atoms with Gasteiger partial charge in [0.25, 0.3) is 0 Å². The molecule has 0 aromatic carbocycles. The summed E-state index contributed by atoms with van der Waals surface area (Å²) >= 11 is 0. The molecule has 0 atom stereocenters. The summed E-state index contributed by atoms with van der Waals surface area (Å²) in [7, 11) is 1.56. The summed E-state index contributed by atoms with van der Waals surface area (Å²) in [6.07, 6.45) is 0. The number of rotatable bonds is 3. The summed E-state index contributed by atoms with van der Waals surface area (Å²) in [6, 6.07) is 0. The molecule has 0 saturated heterocycles. The van der Waals surface area contributed by atoms with Gasteiger partial charge in [-0.25, -0.2) is 0 Å². The number of esters is 1. The van der Waals surface area contributed by atoms with Crippen molar-refractivity contribution in [3.05, 3.63) is 0 Å². The van der Waals surface area contributed by atoms with Crippen LogP contribution in [-0.2, 0) is 14.3 Å². The Kier molecular flexibility index (Phi) is 55.3. The van der Waals surface area contributed by atoms with Crippen molar-refractivity contribution in [1.82, 2.24) is 0 Å². The second-order valence-electron chi connectivity index (χ2n) is 1.33. The molecule has 12 heavy (non-hydrogen) atoms. The molecule has 2 radical (unpaired) electrons. The van der Waals surface area contributed by atoms with E-state index in [0.717, 1.165) is 0 Å². The van der Waals surface area contributed by atoms with Gasteiger partial charge in [0.2, 0.25) is 0 Å². The molecule has 0 unspecified atom stereocenters. The number of hydrogen-bond acceptors (Lipinski definition) is 3. The zero-order valence-electron chi connectivity index (χ0n) is 7.35. The molecule has 0 spiro atoms. The molecule has 0 heterocycles. The van der Waals surface area contributed by atoms with Gasteiger partial charge in [-0.2, -0.15) is 0 Å². The Morgan fingerprint density at radius 3 is 1.83 bits per heavy atom. The first kappa shape index (κ1) is 29.5. The summed E-state index contributed by atoms with van der Waals surface area (Å²) in [5, 5.41) is 0. The molecule has 0 saturated carbocycles. The van der Waals surface area contributed by atoms with Crippen LogP contribution >= 0.6 is 0 Å². The first-order valence-corrected chi connectivity index (χ1v) is 2.39. The third-order valence-electron chi connectivity index (χ3n) is 0.593. The van der Waals surface area contributed by atoms with Crippen molar-refractivity contribution < 1.29 is 30.7 Å². The molecular weight excluding hydrogens is 363 g/mol. The second-order valence-corrected chi connectivity index (χ2v) is 1.33. The number of ether oxygens (including phenoxy) is 2. The topological polar surface area (TPSA) is 130 Å². The van der Waals surface area contributed by atoms with E-state index >= 15 is 0 Å². The Bertz CT molecular complexity index is 78.3. The van der Waals surface area contributed by atoms with Crippen molar-refractivity contribution in [3.63, 3.8) is 0 Å². The Morgan fingerprint density at radius 1 is 1.17 bits per heavy atom. The zero-order valence-corrected chi connectivity index (χ0v) is 12.8. The van der Waals surface area contributed by atoms with Crippen molar-refractivity contribution in [2.24, 2.45) is 0 Å².